The molecule has 2 aliphatic rings. The Labute approximate surface area is 192 Å². The Morgan fingerprint density at radius 2 is 1.71 bits per heavy atom. The van der Waals surface area contributed by atoms with E-state index in [2.05, 4.69) is 0 Å². The number of hydrazine groups is 1. The van der Waals surface area contributed by atoms with E-state index in [0.29, 0.717) is 37.9 Å². The zero-order chi connectivity index (χ0) is 24.6. The van der Waals surface area contributed by atoms with Gasteiger partial charge in [-0.2, -0.15) is 13.2 Å². The van der Waals surface area contributed by atoms with Gasteiger partial charge in [-0.15, -0.1) is 0 Å². The summed E-state index contributed by atoms with van der Waals surface area (Å²) in [5.74, 6) is 2.96. The third kappa shape index (κ3) is 4.58. The number of ether oxygens (including phenoxy) is 1. The summed E-state index contributed by atoms with van der Waals surface area (Å²) in [6.45, 7) is 3.10. The van der Waals surface area contributed by atoms with Crippen LogP contribution in [0.4, 0.5) is 39.0 Å². The molecule has 2 N–H and O–H groups in total. The molecule has 2 heterocycles. The van der Waals surface area contributed by atoms with Crippen molar-refractivity contribution in [1.82, 2.24) is 5.01 Å². The Hall–Kier alpha value is -3.18. The molecule has 0 atom stereocenters. The number of alkyl halides is 3. The lowest BCUT2D eigenvalue weighted by molar-refractivity contribution is -0.139. The Morgan fingerprint density at radius 1 is 1.03 bits per heavy atom. The fourth-order valence-electron chi connectivity index (χ4n) is 4.24. The molecule has 11 heteroatoms. The highest BCUT2D eigenvalue weighted by Gasteiger charge is 2.44. The number of esters is 1. The molecule has 6 nitrogen and oxygen atoms in total. The predicted octanol–water partition coefficient (Wildman–Crippen LogP) is 3.99. The van der Waals surface area contributed by atoms with Crippen LogP contribution in [0.15, 0.2) is 42.0 Å². The molecule has 1 fully saturated rings. The second-order valence-corrected chi connectivity index (χ2v) is 7.98. The second kappa shape index (κ2) is 9.22. The number of hydrogen-bond acceptors (Lipinski definition) is 6. The van der Waals surface area contributed by atoms with Crippen LogP contribution in [0, 0.1) is 11.6 Å². The van der Waals surface area contributed by atoms with Crippen molar-refractivity contribution in [3.8, 4) is 0 Å². The molecule has 0 aromatic heterocycles. The minimum absolute atomic E-state index is 0.0444. The molecule has 2 aromatic rings. The largest absolute Gasteiger partial charge is 0.463 e. The van der Waals surface area contributed by atoms with Crippen molar-refractivity contribution in [2.24, 2.45) is 5.84 Å². The maximum atomic E-state index is 15.3. The molecule has 0 radical (unpaired) electrons. The van der Waals surface area contributed by atoms with Crippen LogP contribution < -0.4 is 15.6 Å². The molecule has 0 unspecified atom stereocenters. The van der Waals surface area contributed by atoms with Crippen LogP contribution in [0.25, 0.3) is 5.57 Å². The van der Waals surface area contributed by atoms with E-state index in [1.165, 1.54) is 24.0 Å². The Morgan fingerprint density at radius 3 is 2.32 bits per heavy atom. The first kappa shape index (κ1) is 24.0. The SMILES string of the molecule is CCOC(=O)C1=C(C(F)(F)F)c2cc(F)ccc2N(c2ccc(N3CCN(N)CC3)cc2F)C1. The van der Waals surface area contributed by atoms with E-state index < -0.39 is 47.0 Å². The highest BCUT2D eigenvalue weighted by atomic mass is 19.4. The first-order valence-corrected chi connectivity index (χ1v) is 10.7. The normalized spacial score (nSPS) is 17.1. The van der Waals surface area contributed by atoms with E-state index in [1.807, 2.05) is 4.90 Å². The first-order valence-electron chi connectivity index (χ1n) is 10.7. The van der Waals surface area contributed by atoms with Gasteiger partial charge in [0.1, 0.15) is 11.6 Å². The molecule has 0 amide bonds. The van der Waals surface area contributed by atoms with Gasteiger partial charge in [-0.3, -0.25) is 5.84 Å². The number of nitrogens with zero attached hydrogens (tertiary/aromatic N) is 3. The van der Waals surface area contributed by atoms with Crippen LogP contribution in [0.1, 0.15) is 12.5 Å². The van der Waals surface area contributed by atoms with Gasteiger partial charge in [-0.1, -0.05) is 0 Å². The van der Waals surface area contributed by atoms with E-state index in [1.54, 1.807) is 11.1 Å². The van der Waals surface area contributed by atoms with Gasteiger partial charge in [0.05, 0.1) is 30.0 Å². The topological polar surface area (TPSA) is 62.0 Å². The molecule has 0 aliphatic carbocycles. The molecular weight excluding hydrogens is 459 g/mol. The standard InChI is InChI=1S/C23H23F5N4O2/c1-2-34-22(33)17-13-32(19-5-3-14(24)11-16(19)21(17)23(26,27)28)20-6-4-15(12-18(20)25)30-7-9-31(29)10-8-30/h3-6,11-12H,2,7-10,13,29H2,1H3. The third-order valence-electron chi connectivity index (χ3n) is 5.84. The molecule has 0 spiro atoms. The van der Waals surface area contributed by atoms with Gasteiger partial charge in [0.15, 0.2) is 0 Å². The predicted molar refractivity (Wildman–Crippen MR) is 117 cm³/mol. The number of allylic oxidation sites excluding steroid dienone is 1. The van der Waals surface area contributed by atoms with Crippen molar-refractivity contribution >= 4 is 28.6 Å². The van der Waals surface area contributed by atoms with E-state index in [-0.39, 0.29) is 18.0 Å². The minimum atomic E-state index is -4.95. The molecule has 4 rings (SSSR count). The maximum Gasteiger partial charge on any atom is 0.417 e. The van der Waals surface area contributed by atoms with E-state index in [0.717, 1.165) is 12.1 Å². The quantitative estimate of drug-likeness (QED) is 0.404. The zero-order valence-electron chi connectivity index (χ0n) is 18.3. The summed E-state index contributed by atoms with van der Waals surface area (Å²) in [6, 6.07) is 7.22. The number of nitrogens with two attached hydrogens (primary N) is 1. The van der Waals surface area contributed by atoms with Gasteiger partial charge in [0, 0.05) is 43.1 Å². The summed E-state index contributed by atoms with van der Waals surface area (Å²) in [4.78, 5) is 15.7. The molecule has 0 saturated carbocycles. The summed E-state index contributed by atoms with van der Waals surface area (Å²) in [5, 5.41) is 1.66. The van der Waals surface area contributed by atoms with Gasteiger partial charge in [-0.05, 0) is 43.3 Å². The average Bonchev–Trinajstić information content (AvgIpc) is 2.77. The molecule has 182 valence electrons. The van der Waals surface area contributed by atoms with Gasteiger partial charge in [0.2, 0.25) is 0 Å². The fraction of sp³-hybridized carbons (Fsp3) is 0.348. The van der Waals surface area contributed by atoms with Gasteiger partial charge in [-0.25, -0.2) is 18.6 Å². The lowest BCUT2D eigenvalue weighted by Crippen LogP contribution is -2.49. The lowest BCUT2D eigenvalue weighted by atomic mass is 9.92. The molecule has 2 aliphatic heterocycles. The molecule has 34 heavy (non-hydrogen) atoms. The smallest absolute Gasteiger partial charge is 0.417 e. The number of anilines is 3. The maximum absolute atomic E-state index is 15.3. The van der Waals surface area contributed by atoms with E-state index >= 15 is 4.39 Å². The third-order valence-corrected chi connectivity index (χ3v) is 5.84. The fourth-order valence-corrected chi connectivity index (χ4v) is 4.24. The molecule has 2 aromatic carbocycles. The Bertz CT molecular complexity index is 1130. The lowest BCUT2D eigenvalue weighted by Gasteiger charge is -2.36. The minimum Gasteiger partial charge on any atom is -0.463 e. The van der Waals surface area contributed by atoms with Crippen molar-refractivity contribution in [3.05, 3.63) is 59.2 Å². The summed E-state index contributed by atoms with van der Waals surface area (Å²) in [5.41, 5.74) is -2.06. The van der Waals surface area contributed by atoms with Crippen LogP contribution in [-0.2, 0) is 9.53 Å². The van der Waals surface area contributed by atoms with Crippen LogP contribution in [0.2, 0.25) is 0 Å². The number of fused-ring (bicyclic) bond motifs is 1. The highest BCUT2D eigenvalue weighted by molar-refractivity contribution is 6.04. The average molecular weight is 482 g/mol. The zero-order valence-corrected chi connectivity index (χ0v) is 18.3. The summed E-state index contributed by atoms with van der Waals surface area (Å²) in [6.07, 6.45) is -4.95. The van der Waals surface area contributed by atoms with Gasteiger partial charge in [0.25, 0.3) is 0 Å². The van der Waals surface area contributed by atoms with Crippen LogP contribution >= 0.6 is 0 Å². The van der Waals surface area contributed by atoms with Crippen LogP contribution in [-0.4, -0.2) is 56.5 Å². The van der Waals surface area contributed by atoms with Gasteiger partial charge >= 0.3 is 12.1 Å². The number of rotatable bonds is 4. The number of carbonyl (C=O) groups is 1. The van der Waals surface area contributed by atoms with Crippen LogP contribution in [0.3, 0.4) is 0 Å². The van der Waals surface area contributed by atoms with Gasteiger partial charge < -0.3 is 14.5 Å². The molecule has 1 saturated heterocycles. The molecular formula is C23H23F5N4O2. The second-order valence-electron chi connectivity index (χ2n) is 7.98. The van der Waals surface area contributed by atoms with Crippen molar-refractivity contribution in [3.63, 3.8) is 0 Å². The number of piperazine rings is 1. The summed E-state index contributed by atoms with van der Waals surface area (Å²) in [7, 11) is 0. The monoisotopic (exact) mass is 482 g/mol. The summed E-state index contributed by atoms with van der Waals surface area (Å²) >= 11 is 0. The van der Waals surface area contributed by atoms with Crippen molar-refractivity contribution in [2.75, 3.05) is 49.1 Å². The number of benzene rings is 2. The van der Waals surface area contributed by atoms with Crippen LogP contribution in [0.5, 0.6) is 0 Å². The van der Waals surface area contributed by atoms with Crippen molar-refractivity contribution < 1.29 is 31.5 Å². The Kier molecular flexibility index (Phi) is 6.50. The molecule has 0 bridgehead atoms. The first-order chi connectivity index (χ1) is 16.1. The van der Waals surface area contributed by atoms with E-state index in [4.69, 9.17) is 10.6 Å². The number of carbonyl (C=O) groups excluding carboxylic acids is 1. The Balaban J connectivity index is 1.79. The van der Waals surface area contributed by atoms with Crippen molar-refractivity contribution in [1.29, 1.82) is 0 Å². The summed E-state index contributed by atoms with van der Waals surface area (Å²) < 4.78 is 76.2. The number of halogens is 5. The van der Waals surface area contributed by atoms with Crippen molar-refractivity contribution in [2.45, 2.75) is 13.1 Å². The highest BCUT2D eigenvalue weighted by Crippen LogP contribution is 2.47. The van der Waals surface area contributed by atoms with E-state index in [9.17, 15) is 22.4 Å². The number of hydrogen-bond donors (Lipinski definition) is 1.